The van der Waals surface area contributed by atoms with Crippen LogP contribution in [0.3, 0.4) is 0 Å². The van der Waals surface area contributed by atoms with Gasteiger partial charge < -0.3 is 15.8 Å². The second-order valence-corrected chi connectivity index (χ2v) is 5.56. The maximum Gasteiger partial charge on any atom is 0.308 e. The van der Waals surface area contributed by atoms with Crippen LogP contribution in [0.2, 0.25) is 0 Å². The molecule has 0 saturated carbocycles. The summed E-state index contributed by atoms with van der Waals surface area (Å²) in [5.41, 5.74) is 5.11. The van der Waals surface area contributed by atoms with Crippen LogP contribution in [-0.4, -0.2) is 30.1 Å². The molecule has 18 heavy (non-hydrogen) atoms. The van der Waals surface area contributed by atoms with Gasteiger partial charge in [-0.2, -0.15) is 0 Å². The highest BCUT2D eigenvalue weighted by molar-refractivity contribution is 5.77. The van der Waals surface area contributed by atoms with Gasteiger partial charge in [0.1, 0.15) is 5.60 Å². The molecule has 1 unspecified atom stereocenters. The van der Waals surface area contributed by atoms with Crippen LogP contribution in [-0.2, 0) is 14.3 Å². The minimum Gasteiger partial charge on any atom is -0.460 e. The fraction of sp³-hybridized carbons (Fsp3) is 0.846. The fourth-order valence-corrected chi connectivity index (χ4v) is 1.37. The number of rotatable bonds is 7. The van der Waals surface area contributed by atoms with Gasteiger partial charge >= 0.3 is 5.97 Å². The predicted molar refractivity (Wildman–Crippen MR) is 71.0 cm³/mol. The van der Waals surface area contributed by atoms with Crippen LogP contribution in [0.25, 0.3) is 0 Å². The molecule has 106 valence electrons. The number of amides is 1. The lowest BCUT2D eigenvalue weighted by Crippen LogP contribution is -2.29. The molecule has 3 N–H and O–H groups in total. The van der Waals surface area contributed by atoms with Crippen molar-refractivity contribution in [2.45, 2.75) is 65.0 Å². The van der Waals surface area contributed by atoms with E-state index in [0.29, 0.717) is 13.0 Å². The second kappa shape index (κ2) is 8.08. The third-order valence-corrected chi connectivity index (χ3v) is 2.13. The topological polar surface area (TPSA) is 81.4 Å². The molecule has 0 aromatic heterocycles. The molecular formula is C13H26N2O3. The maximum atomic E-state index is 11.4. The fourth-order valence-electron chi connectivity index (χ4n) is 1.37. The van der Waals surface area contributed by atoms with Crippen LogP contribution in [0.1, 0.15) is 53.4 Å². The molecule has 5 nitrogen and oxygen atoms in total. The summed E-state index contributed by atoms with van der Waals surface area (Å²) in [6.07, 6.45) is 2.27. The van der Waals surface area contributed by atoms with Crippen molar-refractivity contribution in [3.05, 3.63) is 0 Å². The number of ether oxygens (including phenoxy) is 1. The first-order chi connectivity index (χ1) is 8.20. The Hall–Kier alpha value is -1.10. The number of carbonyl (C=O) groups excluding carboxylic acids is 2. The molecular weight excluding hydrogens is 232 g/mol. The third kappa shape index (κ3) is 11.4. The maximum absolute atomic E-state index is 11.4. The van der Waals surface area contributed by atoms with Crippen molar-refractivity contribution < 1.29 is 14.3 Å². The van der Waals surface area contributed by atoms with Gasteiger partial charge in [-0.3, -0.25) is 9.59 Å². The highest BCUT2D eigenvalue weighted by Crippen LogP contribution is 2.07. The highest BCUT2D eigenvalue weighted by atomic mass is 16.6. The zero-order chi connectivity index (χ0) is 14.2. The number of hydrogen-bond donors (Lipinski definition) is 2. The first kappa shape index (κ1) is 16.9. The van der Waals surface area contributed by atoms with Gasteiger partial charge in [-0.1, -0.05) is 0 Å². The molecule has 0 aliphatic carbocycles. The van der Waals surface area contributed by atoms with Crippen LogP contribution < -0.4 is 11.1 Å². The average Bonchev–Trinajstić information content (AvgIpc) is 2.13. The van der Waals surface area contributed by atoms with Crippen LogP contribution in [0.5, 0.6) is 0 Å². The molecule has 0 aliphatic rings. The van der Waals surface area contributed by atoms with Gasteiger partial charge in [0.15, 0.2) is 0 Å². The van der Waals surface area contributed by atoms with Gasteiger partial charge in [0.25, 0.3) is 0 Å². The summed E-state index contributed by atoms with van der Waals surface area (Å²) in [5.74, 6) is -0.336. The Morgan fingerprint density at radius 2 is 1.89 bits per heavy atom. The minimum absolute atomic E-state index is 0.0424. The van der Waals surface area contributed by atoms with Gasteiger partial charge in [0, 0.05) is 19.0 Å². The molecule has 1 atom stereocenters. The highest BCUT2D eigenvalue weighted by Gasteiger charge is 2.15. The van der Waals surface area contributed by atoms with E-state index in [4.69, 9.17) is 10.5 Å². The van der Waals surface area contributed by atoms with Crippen LogP contribution in [0.15, 0.2) is 0 Å². The van der Waals surface area contributed by atoms with E-state index >= 15 is 0 Å². The molecule has 0 rings (SSSR count). The van der Waals surface area contributed by atoms with Crippen LogP contribution in [0, 0.1) is 0 Å². The van der Waals surface area contributed by atoms with Gasteiger partial charge in [-0.05, 0) is 40.5 Å². The zero-order valence-electron chi connectivity index (χ0n) is 11.9. The molecule has 1 amide bonds. The second-order valence-electron chi connectivity index (χ2n) is 5.56. The van der Waals surface area contributed by atoms with Gasteiger partial charge in [0.2, 0.25) is 5.91 Å². The van der Waals surface area contributed by atoms with E-state index in [-0.39, 0.29) is 24.3 Å². The van der Waals surface area contributed by atoms with Crippen molar-refractivity contribution in [3.63, 3.8) is 0 Å². The lowest BCUT2D eigenvalue weighted by Gasteiger charge is -2.19. The van der Waals surface area contributed by atoms with Crippen molar-refractivity contribution in [2.24, 2.45) is 5.73 Å². The molecule has 0 bridgehead atoms. The van der Waals surface area contributed by atoms with Crippen LogP contribution >= 0.6 is 0 Å². The Morgan fingerprint density at radius 1 is 1.28 bits per heavy atom. The Balaban J connectivity index is 3.59. The summed E-state index contributed by atoms with van der Waals surface area (Å²) in [4.78, 5) is 22.7. The normalized spacial score (nSPS) is 12.9. The summed E-state index contributed by atoms with van der Waals surface area (Å²) in [7, 11) is 0. The number of nitrogens with two attached hydrogens (primary N) is 1. The van der Waals surface area contributed by atoms with Gasteiger partial charge in [-0.25, -0.2) is 0 Å². The van der Waals surface area contributed by atoms with Gasteiger partial charge in [-0.15, -0.1) is 0 Å². The summed E-state index contributed by atoms with van der Waals surface area (Å²) in [6, 6.07) is 0.125. The average molecular weight is 258 g/mol. The molecule has 0 spiro atoms. The first-order valence-corrected chi connectivity index (χ1v) is 6.45. The predicted octanol–water partition coefficient (Wildman–Crippen LogP) is 1.35. The SMILES string of the molecule is CC(N)CCCC(=O)NCCC(=O)OC(C)(C)C. The van der Waals surface area contributed by atoms with Crippen molar-refractivity contribution >= 4 is 11.9 Å². The van der Waals surface area contributed by atoms with Crippen molar-refractivity contribution in [1.82, 2.24) is 5.32 Å². The Bertz CT molecular complexity index is 270. The van der Waals surface area contributed by atoms with Crippen LogP contribution in [0.4, 0.5) is 0 Å². The lowest BCUT2D eigenvalue weighted by atomic mass is 10.1. The zero-order valence-corrected chi connectivity index (χ0v) is 11.9. The number of carbonyl (C=O) groups is 2. The van der Waals surface area contributed by atoms with E-state index in [0.717, 1.165) is 12.8 Å². The Morgan fingerprint density at radius 3 is 2.39 bits per heavy atom. The number of esters is 1. The Labute approximate surface area is 109 Å². The third-order valence-electron chi connectivity index (χ3n) is 2.13. The van der Waals surface area contributed by atoms with E-state index < -0.39 is 5.60 Å². The smallest absolute Gasteiger partial charge is 0.308 e. The molecule has 0 saturated heterocycles. The lowest BCUT2D eigenvalue weighted by molar-refractivity contribution is -0.154. The molecule has 0 aromatic carbocycles. The molecule has 0 aromatic rings. The van der Waals surface area contributed by atoms with Gasteiger partial charge in [0.05, 0.1) is 6.42 Å². The summed E-state index contributed by atoms with van der Waals surface area (Å²) < 4.78 is 5.13. The number of hydrogen-bond acceptors (Lipinski definition) is 4. The molecule has 0 heterocycles. The summed E-state index contributed by atoms with van der Waals surface area (Å²) in [6.45, 7) is 7.69. The van der Waals surface area contributed by atoms with E-state index in [1.54, 1.807) is 0 Å². The van der Waals surface area contributed by atoms with Crippen molar-refractivity contribution in [1.29, 1.82) is 0 Å². The quantitative estimate of drug-likeness (QED) is 0.675. The van der Waals surface area contributed by atoms with E-state index in [1.807, 2.05) is 27.7 Å². The molecule has 0 radical (unpaired) electrons. The largest absolute Gasteiger partial charge is 0.460 e. The van der Waals surface area contributed by atoms with E-state index in [9.17, 15) is 9.59 Å². The molecule has 0 aliphatic heterocycles. The summed E-state index contributed by atoms with van der Waals surface area (Å²) in [5, 5.41) is 2.69. The first-order valence-electron chi connectivity index (χ1n) is 6.45. The Kier molecular flexibility index (Phi) is 7.59. The van der Waals surface area contributed by atoms with E-state index in [1.165, 1.54) is 0 Å². The molecule has 0 fully saturated rings. The van der Waals surface area contributed by atoms with E-state index in [2.05, 4.69) is 5.32 Å². The minimum atomic E-state index is -0.474. The molecule has 5 heteroatoms. The standard InChI is InChI=1S/C13H26N2O3/c1-10(14)6-5-7-11(16)15-9-8-12(17)18-13(2,3)4/h10H,5-9,14H2,1-4H3,(H,15,16). The monoisotopic (exact) mass is 258 g/mol. The summed E-state index contributed by atoms with van der Waals surface area (Å²) >= 11 is 0. The number of nitrogens with one attached hydrogen (secondary N) is 1. The van der Waals surface area contributed by atoms with Crippen molar-refractivity contribution in [3.8, 4) is 0 Å². The van der Waals surface area contributed by atoms with Crippen molar-refractivity contribution in [2.75, 3.05) is 6.54 Å².